The molecular weight excluding hydrogens is 468 g/mol. The van der Waals surface area contributed by atoms with Gasteiger partial charge in [-0.2, -0.15) is 0 Å². The van der Waals surface area contributed by atoms with Crippen LogP contribution in [0, 0.1) is 11.8 Å². The highest BCUT2D eigenvalue weighted by atomic mass is 16.5. The van der Waals surface area contributed by atoms with Gasteiger partial charge in [0.25, 0.3) is 0 Å². The van der Waals surface area contributed by atoms with Crippen molar-refractivity contribution in [2.24, 2.45) is 11.8 Å². The summed E-state index contributed by atoms with van der Waals surface area (Å²) in [4.78, 5) is 39.6. The Morgan fingerprint density at radius 1 is 1.00 bits per heavy atom. The van der Waals surface area contributed by atoms with Gasteiger partial charge >= 0.3 is 5.97 Å². The predicted molar refractivity (Wildman–Crippen MR) is 141 cm³/mol. The fourth-order valence-electron chi connectivity index (χ4n) is 6.15. The number of carbonyl (C=O) groups is 3. The lowest BCUT2D eigenvalue weighted by atomic mass is 9.93. The van der Waals surface area contributed by atoms with Gasteiger partial charge < -0.3 is 20.5 Å². The van der Waals surface area contributed by atoms with Crippen LogP contribution in [-0.4, -0.2) is 47.2 Å². The Labute approximate surface area is 220 Å². The van der Waals surface area contributed by atoms with E-state index in [1.807, 2.05) is 42.5 Å². The first-order valence-electron chi connectivity index (χ1n) is 14.0. The standard InChI is InChI=1S/C30H42N2O5/c33-21-29(15-7-8-16-29)31-26(34)20-24-13-5-2-6-14-25(19-23-11-3-1-4-12-23)28(36)37-22-30(32-27(24)35)17-9-10-18-30/h1-5,11-12,24-25,33H,6-10,13-22H2,(H,31,34)(H,32,35)/t24-,25-/m1/s1. The first-order chi connectivity index (χ1) is 17.9. The summed E-state index contributed by atoms with van der Waals surface area (Å²) in [5, 5.41) is 16.1. The third-order valence-electron chi connectivity index (χ3n) is 8.44. The Kier molecular flexibility index (Phi) is 9.41. The van der Waals surface area contributed by atoms with Crippen molar-refractivity contribution in [1.29, 1.82) is 0 Å². The third kappa shape index (κ3) is 7.44. The van der Waals surface area contributed by atoms with E-state index in [1.54, 1.807) is 0 Å². The molecule has 2 saturated carbocycles. The van der Waals surface area contributed by atoms with Gasteiger partial charge in [0.15, 0.2) is 0 Å². The zero-order valence-electron chi connectivity index (χ0n) is 21.9. The van der Waals surface area contributed by atoms with Crippen LogP contribution in [0.15, 0.2) is 42.5 Å². The van der Waals surface area contributed by atoms with E-state index in [4.69, 9.17) is 4.74 Å². The number of aliphatic hydroxyl groups excluding tert-OH is 1. The number of ether oxygens (including phenoxy) is 1. The summed E-state index contributed by atoms with van der Waals surface area (Å²) in [6.45, 7) is 0.0942. The maximum absolute atomic E-state index is 13.5. The van der Waals surface area contributed by atoms with Crippen molar-refractivity contribution < 1.29 is 24.2 Å². The molecule has 0 unspecified atom stereocenters. The molecule has 1 spiro atoms. The van der Waals surface area contributed by atoms with Crippen molar-refractivity contribution in [1.82, 2.24) is 10.6 Å². The van der Waals surface area contributed by atoms with Crippen molar-refractivity contribution in [2.75, 3.05) is 13.2 Å². The molecule has 2 amide bonds. The van der Waals surface area contributed by atoms with Gasteiger partial charge in [0.1, 0.15) is 6.61 Å². The van der Waals surface area contributed by atoms with Crippen LogP contribution in [-0.2, 0) is 25.5 Å². The van der Waals surface area contributed by atoms with Crippen molar-refractivity contribution in [3.8, 4) is 0 Å². The lowest BCUT2D eigenvalue weighted by Crippen LogP contribution is -2.53. The summed E-state index contributed by atoms with van der Waals surface area (Å²) in [5.74, 6) is -1.32. The Morgan fingerprint density at radius 3 is 2.41 bits per heavy atom. The summed E-state index contributed by atoms with van der Waals surface area (Å²) >= 11 is 0. The number of carbonyl (C=O) groups excluding carboxylic acids is 3. The number of esters is 1. The van der Waals surface area contributed by atoms with Crippen LogP contribution in [0.25, 0.3) is 0 Å². The third-order valence-corrected chi connectivity index (χ3v) is 8.44. The fourth-order valence-corrected chi connectivity index (χ4v) is 6.15. The molecule has 2 aliphatic carbocycles. The van der Waals surface area contributed by atoms with E-state index in [1.165, 1.54) is 0 Å². The number of allylic oxidation sites excluding steroid dienone is 2. The molecule has 0 radical (unpaired) electrons. The summed E-state index contributed by atoms with van der Waals surface area (Å²) in [5.41, 5.74) is -0.0223. The molecule has 1 aromatic carbocycles. The second-order valence-corrected chi connectivity index (χ2v) is 11.4. The minimum atomic E-state index is -0.575. The summed E-state index contributed by atoms with van der Waals surface area (Å²) in [6.07, 6.45) is 13.5. The van der Waals surface area contributed by atoms with Gasteiger partial charge in [0.2, 0.25) is 11.8 Å². The van der Waals surface area contributed by atoms with Crippen LogP contribution in [0.2, 0.25) is 0 Å². The Hall–Kier alpha value is -2.67. The summed E-state index contributed by atoms with van der Waals surface area (Å²) in [7, 11) is 0. The first-order valence-corrected chi connectivity index (χ1v) is 14.0. The second kappa shape index (κ2) is 12.7. The molecule has 2 fully saturated rings. The van der Waals surface area contributed by atoms with Crippen LogP contribution in [0.3, 0.4) is 0 Å². The fraction of sp³-hybridized carbons (Fsp3) is 0.633. The van der Waals surface area contributed by atoms with E-state index >= 15 is 0 Å². The van der Waals surface area contributed by atoms with Gasteiger partial charge in [-0.25, -0.2) is 0 Å². The molecule has 0 saturated heterocycles. The van der Waals surface area contributed by atoms with E-state index in [2.05, 4.69) is 10.6 Å². The monoisotopic (exact) mass is 510 g/mol. The SMILES string of the molecule is O=C(C[C@H]1CC=CCC[C@H](Cc2ccccc2)C(=O)OCC2(CCCC2)NC1=O)NC1(CO)CCCC1. The van der Waals surface area contributed by atoms with Crippen molar-refractivity contribution in [2.45, 2.75) is 94.5 Å². The van der Waals surface area contributed by atoms with E-state index in [9.17, 15) is 19.5 Å². The molecule has 3 N–H and O–H groups in total. The lowest BCUT2D eigenvalue weighted by molar-refractivity contribution is -0.152. The van der Waals surface area contributed by atoms with Crippen LogP contribution < -0.4 is 10.6 Å². The highest BCUT2D eigenvalue weighted by Gasteiger charge is 2.40. The van der Waals surface area contributed by atoms with Gasteiger partial charge in [-0.15, -0.1) is 0 Å². The van der Waals surface area contributed by atoms with E-state index < -0.39 is 17.0 Å². The highest BCUT2D eigenvalue weighted by molar-refractivity contribution is 5.86. The van der Waals surface area contributed by atoms with Gasteiger partial charge in [0.05, 0.1) is 29.5 Å². The maximum Gasteiger partial charge on any atom is 0.309 e. The smallest absolute Gasteiger partial charge is 0.309 e. The van der Waals surface area contributed by atoms with Crippen LogP contribution in [0.5, 0.6) is 0 Å². The lowest BCUT2D eigenvalue weighted by Gasteiger charge is -2.32. The van der Waals surface area contributed by atoms with E-state index in [-0.39, 0.29) is 43.3 Å². The van der Waals surface area contributed by atoms with Gasteiger partial charge in [-0.1, -0.05) is 68.2 Å². The van der Waals surface area contributed by atoms with Crippen LogP contribution in [0.4, 0.5) is 0 Å². The number of amides is 2. The Bertz CT molecular complexity index is 948. The van der Waals surface area contributed by atoms with Crippen molar-refractivity contribution in [3.05, 3.63) is 48.0 Å². The first kappa shape index (κ1) is 27.4. The van der Waals surface area contributed by atoms with Crippen molar-refractivity contribution in [3.63, 3.8) is 0 Å². The summed E-state index contributed by atoms with van der Waals surface area (Å²) < 4.78 is 5.87. The molecule has 4 rings (SSSR count). The maximum atomic E-state index is 13.5. The van der Waals surface area contributed by atoms with Gasteiger partial charge in [0, 0.05) is 6.42 Å². The van der Waals surface area contributed by atoms with E-state index in [0.717, 1.165) is 56.9 Å². The summed E-state index contributed by atoms with van der Waals surface area (Å²) in [6, 6.07) is 10.00. The minimum Gasteiger partial charge on any atom is -0.463 e. The molecule has 7 heteroatoms. The molecule has 202 valence electrons. The molecule has 1 aliphatic heterocycles. The topological polar surface area (TPSA) is 105 Å². The Balaban J connectivity index is 1.47. The second-order valence-electron chi connectivity index (χ2n) is 11.4. The molecule has 2 atom stereocenters. The van der Waals surface area contributed by atoms with Gasteiger partial charge in [-0.05, 0) is 56.9 Å². The number of nitrogens with one attached hydrogen (secondary N) is 2. The van der Waals surface area contributed by atoms with E-state index in [0.29, 0.717) is 25.7 Å². The molecule has 3 aliphatic rings. The normalized spacial score (nSPS) is 26.0. The molecule has 1 heterocycles. The zero-order valence-corrected chi connectivity index (χ0v) is 21.9. The molecule has 7 nitrogen and oxygen atoms in total. The predicted octanol–water partition coefficient (Wildman–Crippen LogP) is 3.99. The largest absolute Gasteiger partial charge is 0.463 e. The number of hydrogen-bond acceptors (Lipinski definition) is 5. The minimum absolute atomic E-state index is 0.0738. The number of cyclic esters (lactones) is 1. The number of benzene rings is 1. The number of hydrogen-bond donors (Lipinski definition) is 3. The molecule has 1 aromatic rings. The number of aliphatic hydroxyl groups is 1. The molecule has 0 bridgehead atoms. The van der Waals surface area contributed by atoms with Crippen molar-refractivity contribution >= 4 is 17.8 Å². The number of rotatable bonds is 6. The quantitative estimate of drug-likeness (QED) is 0.397. The molecule has 0 aromatic heterocycles. The molecule has 37 heavy (non-hydrogen) atoms. The van der Waals surface area contributed by atoms with Crippen LogP contribution >= 0.6 is 0 Å². The molecular formula is C30H42N2O5. The zero-order chi connectivity index (χ0) is 26.1. The average Bonchev–Trinajstić information content (AvgIpc) is 3.56. The Morgan fingerprint density at radius 2 is 1.70 bits per heavy atom. The average molecular weight is 511 g/mol. The highest BCUT2D eigenvalue weighted by Crippen LogP contribution is 2.32. The van der Waals surface area contributed by atoms with Crippen LogP contribution in [0.1, 0.15) is 82.6 Å². The van der Waals surface area contributed by atoms with Gasteiger partial charge in [-0.3, -0.25) is 14.4 Å².